The van der Waals surface area contributed by atoms with Gasteiger partial charge in [-0.3, -0.25) is 4.79 Å². The van der Waals surface area contributed by atoms with Crippen molar-refractivity contribution in [1.82, 2.24) is 3.94 Å². The average Bonchev–Trinajstić information content (AvgIpc) is 2.49. The van der Waals surface area contributed by atoms with Crippen LogP contribution < -0.4 is 0 Å². The lowest BCUT2D eigenvalue weighted by atomic mass is 10.0. The Balaban J connectivity index is 2.99. The van der Waals surface area contributed by atoms with Crippen LogP contribution in [-0.2, 0) is 4.79 Å². The van der Waals surface area contributed by atoms with Gasteiger partial charge in [-0.2, -0.15) is 0 Å². The van der Waals surface area contributed by atoms with Gasteiger partial charge in [0.25, 0.3) is 0 Å². The summed E-state index contributed by atoms with van der Waals surface area (Å²) in [6.45, 7) is 0.767. The van der Waals surface area contributed by atoms with E-state index >= 15 is 0 Å². The minimum atomic E-state index is -0.665. The number of carboxylic acid groups (broad SMARTS) is 1. The molecule has 1 N–H and O–H groups in total. The van der Waals surface area contributed by atoms with E-state index in [1.54, 1.807) is 0 Å². The van der Waals surface area contributed by atoms with Gasteiger partial charge in [-0.25, -0.2) is 0 Å². The first-order chi connectivity index (χ1) is 11.1. The van der Waals surface area contributed by atoms with Gasteiger partial charge in [0.15, 0.2) is 0 Å². The zero-order chi connectivity index (χ0) is 17.2. The van der Waals surface area contributed by atoms with Crippen molar-refractivity contribution in [3.63, 3.8) is 0 Å². The first kappa shape index (κ1) is 23.0. The van der Waals surface area contributed by atoms with Crippen molar-refractivity contribution in [3.05, 3.63) is 0 Å². The van der Waals surface area contributed by atoms with Gasteiger partial charge in [-0.15, -0.1) is 3.94 Å². The van der Waals surface area contributed by atoms with Crippen LogP contribution in [0.2, 0.25) is 0 Å². The van der Waals surface area contributed by atoms with Crippen LogP contribution >= 0.6 is 23.6 Å². The van der Waals surface area contributed by atoms with Crippen LogP contribution in [0.15, 0.2) is 0 Å². The van der Waals surface area contributed by atoms with E-state index < -0.39 is 5.97 Å². The molecule has 0 saturated carbocycles. The van der Waals surface area contributed by atoms with E-state index in [1.807, 2.05) is 0 Å². The summed E-state index contributed by atoms with van der Waals surface area (Å²) in [7, 11) is 0. The Labute approximate surface area is 152 Å². The molecule has 0 radical (unpaired) electrons. The Morgan fingerprint density at radius 2 is 0.913 bits per heavy atom. The number of carbonyl (C=O) groups is 1. The summed E-state index contributed by atoms with van der Waals surface area (Å²) < 4.78 is 1.22. The van der Waals surface area contributed by atoms with Crippen molar-refractivity contribution in [1.29, 1.82) is 0 Å². The van der Waals surface area contributed by atoms with Crippen LogP contribution in [0.5, 0.6) is 0 Å². The fourth-order valence-corrected chi connectivity index (χ4v) is 3.04. The second-order valence-corrected chi connectivity index (χ2v) is 7.46. The second kappa shape index (κ2) is 18.4. The highest BCUT2D eigenvalue weighted by Crippen LogP contribution is 2.14. The quantitative estimate of drug-likeness (QED) is 0.211. The van der Waals surface area contributed by atoms with Crippen LogP contribution in [0, 0.1) is 0 Å². The van der Waals surface area contributed by atoms with Crippen molar-refractivity contribution in [2.24, 2.45) is 0 Å². The van der Waals surface area contributed by atoms with E-state index in [9.17, 15) is 4.79 Å². The molecule has 23 heavy (non-hydrogen) atoms. The van der Waals surface area contributed by atoms with Gasteiger partial charge in [-0.05, 0) is 36.4 Å². The Morgan fingerprint density at radius 1 is 0.609 bits per heavy atom. The molecule has 0 heterocycles. The molecule has 0 bridgehead atoms. The summed E-state index contributed by atoms with van der Waals surface area (Å²) in [6.07, 6.45) is 19.1. The minimum Gasteiger partial charge on any atom is -0.481 e. The Hall–Kier alpha value is 0.01000. The molecule has 0 fully saturated rings. The van der Waals surface area contributed by atoms with Crippen molar-refractivity contribution in [2.45, 2.75) is 103 Å². The number of carboxylic acids is 1. The second-order valence-electron chi connectivity index (χ2n) is 6.47. The normalized spacial score (nSPS) is 11.3. The third kappa shape index (κ3) is 22.0. The first-order valence-corrected chi connectivity index (χ1v) is 10.1. The van der Waals surface area contributed by atoms with E-state index in [4.69, 9.17) is 28.7 Å². The Morgan fingerprint density at radius 3 is 1.22 bits per heavy atom. The van der Waals surface area contributed by atoms with Crippen LogP contribution in [0.1, 0.15) is 103 Å². The summed E-state index contributed by atoms with van der Waals surface area (Å²) in [5.74, 6) is -0.665. The smallest absolute Gasteiger partial charge is 0.303 e. The largest absolute Gasteiger partial charge is 0.481 e. The Kier molecular flexibility index (Phi) is 18.4. The van der Waals surface area contributed by atoms with Crippen molar-refractivity contribution >= 4 is 29.5 Å². The molecule has 0 saturated heterocycles. The van der Waals surface area contributed by atoms with E-state index in [2.05, 4.69) is 0 Å². The monoisotopic (exact) mass is 367 g/mol. The highest BCUT2D eigenvalue weighted by Gasteiger charge is 1.97. The van der Waals surface area contributed by atoms with Gasteiger partial charge in [0.1, 0.15) is 0 Å². The first-order valence-electron chi connectivity index (χ1n) is 9.44. The molecule has 0 spiro atoms. The molecule has 0 aliphatic rings. The lowest BCUT2D eigenvalue weighted by Crippen LogP contribution is -1.99. The van der Waals surface area contributed by atoms with Gasteiger partial charge >= 0.3 is 5.97 Å². The number of hydrogen-bond acceptors (Lipinski definition) is 2. The number of rotatable bonds is 18. The predicted molar refractivity (Wildman–Crippen MR) is 99.9 cm³/mol. The van der Waals surface area contributed by atoms with Gasteiger partial charge < -0.3 is 5.11 Å². The van der Waals surface area contributed by atoms with Crippen molar-refractivity contribution < 1.29 is 9.90 Å². The zero-order valence-corrected chi connectivity index (χ0v) is 16.1. The molecule has 0 aromatic heterocycles. The van der Waals surface area contributed by atoms with E-state index in [-0.39, 0.29) is 0 Å². The molecule has 138 valence electrons. The maximum Gasteiger partial charge on any atom is 0.303 e. The molecule has 0 unspecified atom stereocenters. The topological polar surface area (TPSA) is 40.5 Å². The molecule has 0 atom stereocenters. The third-order valence-corrected chi connectivity index (χ3v) is 4.56. The van der Waals surface area contributed by atoms with E-state index in [1.165, 1.54) is 81.0 Å². The van der Waals surface area contributed by atoms with Crippen molar-refractivity contribution in [2.75, 3.05) is 6.54 Å². The summed E-state index contributed by atoms with van der Waals surface area (Å²) in [6, 6.07) is 0. The van der Waals surface area contributed by atoms with Crippen LogP contribution in [0.25, 0.3) is 0 Å². The van der Waals surface area contributed by atoms with E-state index in [0.717, 1.165) is 25.8 Å². The van der Waals surface area contributed by atoms with Gasteiger partial charge in [0.2, 0.25) is 0 Å². The van der Waals surface area contributed by atoms with Crippen LogP contribution in [0.4, 0.5) is 0 Å². The summed E-state index contributed by atoms with van der Waals surface area (Å²) >= 11 is 11.1. The molecule has 0 aromatic carbocycles. The minimum absolute atomic E-state index is 0.331. The van der Waals surface area contributed by atoms with Gasteiger partial charge in [0.05, 0.1) is 0 Å². The number of aliphatic carboxylic acids is 1. The molecule has 0 aliphatic heterocycles. The standard InChI is InChI=1S/C18H35Cl2NO2/c19-21(20)17-15-13-11-9-7-5-3-1-2-4-6-8-10-12-14-16-18(22)23/h1-17H2,(H,22,23). The predicted octanol–water partition coefficient (Wildman–Crippen LogP) is 6.92. The number of hydrogen-bond donors (Lipinski definition) is 1. The zero-order valence-electron chi connectivity index (χ0n) is 14.6. The lowest BCUT2D eigenvalue weighted by Gasteiger charge is -2.04. The highest BCUT2D eigenvalue weighted by atomic mass is 35.5. The molecule has 0 rings (SSSR count). The fourth-order valence-electron chi connectivity index (χ4n) is 2.81. The Bertz CT molecular complexity index is 263. The van der Waals surface area contributed by atoms with Gasteiger partial charge in [0, 0.05) is 13.0 Å². The highest BCUT2D eigenvalue weighted by molar-refractivity contribution is 6.33. The van der Waals surface area contributed by atoms with Crippen molar-refractivity contribution in [3.8, 4) is 0 Å². The molecule has 0 amide bonds. The van der Waals surface area contributed by atoms with E-state index in [0.29, 0.717) is 6.42 Å². The fraction of sp³-hybridized carbons (Fsp3) is 0.944. The van der Waals surface area contributed by atoms with Crippen LogP contribution in [-0.4, -0.2) is 21.6 Å². The molecule has 5 heteroatoms. The van der Waals surface area contributed by atoms with Gasteiger partial charge in [-0.1, -0.05) is 83.5 Å². The summed E-state index contributed by atoms with van der Waals surface area (Å²) in [5.41, 5.74) is 0. The third-order valence-electron chi connectivity index (χ3n) is 4.22. The average molecular weight is 368 g/mol. The number of halogens is 2. The number of nitrogens with zero attached hydrogens (tertiary/aromatic N) is 1. The summed E-state index contributed by atoms with van der Waals surface area (Å²) in [5, 5.41) is 8.54. The number of unbranched alkanes of at least 4 members (excludes halogenated alkanes) is 14. The van der Waals surface area contributed by atoms with Crippen LogP contribution in [0.3, 0.4) is 0 Å². The maximum atomic E-state index is 10.4. The molecule has 3 nitrogen and oxygen atoms in total. The SMILES string of the molecule is O=C(O)CCCCCCCCCCCCCCCCCN(Cl)Cl. The molecule has 0 aromatic rings. The molecular weight excluding hydrogens is 333 g/mol. The summed E-state index contributed by atoms with van der Waals surface area (Å²) in [4.78, 5) is 10.4. The molecular formula is C18H35Cl2NO2. The maximum absolute atomic E-state index is 10.4. The lowest BCUT2D eigenvalue weighted by molar-refractivity contribution is -0.137. The molecule has 0 aliphatic carbocycles.